The van der Waals surface area contributed by atoms with Gasteiger partial charge in [0.1, 0.15) is 5.75 Å². The van der Waals surface area contributed by atoms with Crippen molar-refractivity contribution in [3.63, 3.8) is 0 Å². The highest BCUT2D eigenvalue weighted by Crippen LogP contribution is 2.33. The molecular formula is C14H14N2O2S. The number of ether oxygens (including phenoxy) is 1. The van der Waals surface area contributed by atoms with Gasteiger partial charge in [-0.1, -0.05) is 12.1 Å². The van der Waals surface area contributed by atoms with Crippen molar-refractivity contribution in [2.45, 2.75) is 12.8 Å². The Kier molecular flexibility index (Phi) is 3.21. The number of para-hydroxylation sites is 1. The van der Waals surface area contributed by atoms with Crippen LogP contribution in [0.4, 0.5) is 5.13 Å². The maximum atomic E-state index is 11.7. The lowest BCUT2D eigenvalue weighted by Gasteiger charge is -2.04. The minimum absolute atomic E-state index is 0.0842. The van der Waals surface area contributed by atoms with E-state index in [4.69, 9.17) is 4.74 Å². The van der Waals surface area contributed by atoms with Crippen molar-refractivity contribution in [3.8, 4) is 17.0 Å². The highest BCUT2D eigenvalue weighted by atomic mass is 32.1. The van der Waals surface area contributed by atoms with Gasteiger partial charge in [0.25, 0.3) is 0 Å². The van der Waals surface area contributed by atoms with Crippen LogP contribution in [0.15, 0.2) is 29.6 Å². The van der Waals surface area contributed by atoms with Gasteiger partial charge in [0, 0.05) is 16.9 Å². The summed E-state index contributed by atoms with van der Waals surface area (Å²) in [4.78, 5) is 16.1. The third kappa shape index (κ3) is 2.61. The molecule has 19 heavy (non-hydrogen) atoms. The summed E-state index contributed by atoms with van der Waals surface area (Å²) in [6.07, 6.45) is 1.99. The van der Waals surface area contributed by atoms with Crippen LogP contribution in [0.5, 0.6) is 5.75 Å². The zero-order chi connectivity index (χ0) is 13.2. The van der Waals surface area contributed by atoms with Gasteiger partial charge < -0.3 is 10.1 Å². The summed E-state index contributed by atoms with van der Waals surface area (Å²) in [5.41, 5.74) is 1.77. The van der Waals surface area contributed by atoms with E-state index in [1.54, 1.807) is 7.11 Å². The molecule has 1 aromatic heterocycles. The molecule has 1 fully saturated rings. The van der Waals surface area contributed by atoms with Crippen molar-refractivity contribution < 1.29 is 9.53 Å². The lowest BCUT2D eigenvalue weighted by molar-refractivity contribution is -0.117. The molecule has 0 spiro atoms. The highest BCUT2D eigenvalue weighted by Gasteiger charge is 2.30. The zero-order valence-electron chi connectivity index (χ0n) is 10.6. The number of methoxy groups -OCH3 is 1. The van der Waals surface area contributed by atoms with Gasteiger partial charge in [-0.2, -0.15) is 0 Å². The van der Waals surface area contributed by atoms with E-state index in [1.165, 1.54) is 11.3 Å². The van der Waals surface area contributed by atoms with Gasteiger partial charge in [-0.25, -0.2) is 4.98 Å². The van der Waals surface area contributed by atoms with Gasteiger partial charge in [-0.3, -0.25) is 4.79 Å². The Labute approximate surface area is 115 Å². The molecule has 0 bridgehead atoms. The summed E-state index contributed by atoms with van der Waals surface area (Å²) in [6.45, 7) is 0. The molecule has 4 nitrogen and oxygen atoms in total. The fourth-order valence-electron chi connectivity index (χ4n) is 1.86. The van der Waals surface area contributed by atoms with Crippen molar-refractivity contribution in [2.24, 2.45) is 5.92 Å². The molecule has 98 valence electrons. The van der Waals surface area contributed by atoms with Crippen molar-refractivity contribution in [2.75, 3.05) is 12.4 Å². The second-order valence-electron chi connectivity index (χ2n) is 4.50. The number of hydrogen-bond donors (Lipinski definition) is 1. The number of rotatable bonds is 4. The number of carbonyl (C=O) groups excluding carboxylic acids is 1. The minimum Gasteiger partial charge on any atom is -0.496 e. The lowest BCUT2D eigenvalue weighted by Crippen LogP contribution is -2.12. The first-order valence-corrected chi connectivity index (χ1v) is 7.05. The first-order valence-electron chi connectivity index (χ1n) is 6.17. The second kappa shape index (κ2) is 5.01. The predicted octanol–water partition coefficient (Wildman–Crippen LogP) is 3.17. The first-order chi connectivity index (χ1) is 9.28. The molecule has 0 aliphatic heterocycles. The SMILES string of the molecule is COc1ccccc1-c1csc(NC(=O)C2CC2)n1. The van der Waals surface area contributed by atoms with E-state index in [0.717, 1.165) is 29.8 Å². The number of hydrogen-bond acceptors (Lipinski definition) is 4. The first kappa shape index (κ1) is 12.2. The number of nitrogens with one attached hydrogen (secondary N) is 1. The maximum Gasteiger partial charge on any atom is 0.229 e. The Hall–Kier alpha value is -1.88. The monoisotopic (exact) mass is 274 g/mol. The van der Waals surface area contributed by atoms with Gasteiger partial charge in [-0.05, 0) is 25.0 Å². The van der Waals surface area contributed by atoms with Gasteiger partial charge >= 0.3 is 0 Å². The summed E-state index contributed by atoms with van der Waals surface area (Å²) in [5, 5.41) is 5.44. The van der Waals surface area contributed by atoms with Crippen LogP contribution < -0.4 is 10.1 Å². The van der Waals surface area contributed by atoms with E-state index in [-0.39, 0.29) is 11.8 Å². The Balaban J connectivity index is 1.82. The molecule has 5 heteroatoms. The van der Waals surface area contributed by atoms with Gasteiger partial charge in [0.15, 0.2) is 5.13 Å². The van der Waals surface area contributed by atoms with Crippen LogP contribution in [-0.2, 0) is 4.79 Å². The summed E-state index contributed by atoms with van der Waals surface area (Å²) >= 11 is 1.44. The third-order valence-corrected chi connectivity index (χ3v) is 3.82. The van der Waals surface area contributed by atoms with Crippen LogP contribution in [0.1, 0.15) is 12.8 Å². The van der Waals surface area contributed by atoms with Crippen LogP contribution >= 0.6 is 11.3 Å². The predicted molar refractivity (Wildman–Crippen MR) is 75.5 cm³/mol. The zero-order valence-corrected chi connectivity index (χ0v) is 11.4. The summed E-state index contributed by atoms with van der Waals surface area (Å²) < 4.78 is 5.32. The van der Waals surface area contributed by atoms with E-state index in [0.29, 0.717) is 5.13 Å². The molecule has 2 aromatic rings. The van der Waals surface area contributed by atoms with E-state index < -0.39 is 0 Å². The standard InChI is InChI=1S/C14H14N2O2S/c1-18-12-5-3-2-4-10(12)11-8-19-14(15-11)16-13(17)9-6-7-9/h2-5,8-9H,6-7H2,1H3,(H,15,16,17). The molecule has 0 unspecified atom stereocenters. The van der Waals surface area contributed by atoms with Crippen molar-refractivity contribution in [1.29, 1.82) is 0 Å². The summed E-state index contributed by atoms with van der Waals surface area (Å²) in [5.74, 6) is 1.06. The molecule has 1 aliphatic carbocycles. The fraction of sp³-hybridized carbons (Fsp3) is 0.286. The number of anilines is 1. The molecule has 1 aromatic carbocycles. The van der Waals surface area contributed by atoms with E-state index in [1.807, 2.05) is 29.6 Å². The molecule has 0 saturated heterocycles. The number of benzene rings is 1. The smallest absolute Gasteiger partial charge is 0.229 e. The van der Waals surface area contributed by atoms with E-state index >= 15 is 0 Å². The van der Waals surface area contributed by atoms with E-state index in [9.17, 15) is 4.79 Å². The molecule has 0 atom stereocenters. The van der Waals surface area contributed by atoms with Gasteiger partial charge in [0.2, 0.25) is 5.91 Å². The minimum atomic E-state index is 0.0842. The Bertz CT molecular complexity index is 605. The van der Waals surface area contributed by atoms with Crippen LogP contribution in [-0.4, -0.2) is 18.0 Å². The molecule has 1 heterocycles. The Morgan fingerprint density at radius 2 is 2.21 bits per heavy atom. The quantitative estimate of drug-likeness (QED) is 0.931. The Morgan fingerprint density at radius 1 is 1.42 bits per heavy atom. The Morgan fingerprint density at radius 3 is 2.95 bits per heavy atom. The maximum absolute atomic E-state index is 11.7. The fourth-order valence-corrected chi connectivity index (χ4v) is 2.58. The third-order valence-electron chi connectivity index (χ3n) is 3.07. The normalized spacial score (nSPS) is 14.2. The molecule has 0 radical (unpaired) electrons. The summed E-state index contributed by atoms with van der Waals surface area (Å²) in [6, 6.07) is 7.72. The number of thiazole rings is 1. The lowest BCUT2D eigenvalue weighted by atomic mass is 10.1. The van der Waals surface area contributed by atoms with Crippen molar-refractivity contribution in [1.82, 2.24) is 4.98 Å². The largest absolute Gasteiger partial charge is 0.496 e. The van der Waals surface area contributed by atoms with Crippen LogP contribution in [0, 0.1) is 5.92 Å². The number of amides is 1. The van der Waals surface area contributed by atoms with Gasteiger partial charge in [-0.15, -0.1) is 11.3 Å². The van der Waals surface area contributed by atoms with Crippen molar-refractivity contribution in [3.05, 3.63) is 29.6 Å². The molecular weight excluding hydrogens is 260 g/mol. The van der Waals surface area contributed by atoms with Crippen molar-refractivity contribution >= 4 is 22.4 Å². The topological polar surface area (TPSA) is 51.2 Å². The second-order valence-corrected chi connectivity index (χ2v) is 5.36. The van der Waals surface area contributed by atoms with Crippen LogP contribution in [0.25, 0.3) is 11.3 Å². The number of aromatic nitrogens is 1. The number of nitrogens with zero attached hydrogens (tertiary/aromatic N) is 1. The molecule has 1 amide bonds. The van der Waals surface area contributed by atoms with E-state index in [2.05, 4.69) is 10.3 Å². The average molecular weight is 274 g/mol. The number of carbonyl (C=O) groups is 1. The molecule has 1 N–H and O–H groups in total. The molecule has 1 saturated carbocycles. The van der Waals surface area contributed by atoms with Gasteiger partial charge in [0.05, 0.1) is 12.8 Å². The molecule has 1 aliphatic rings. The molecule has 3 rings (SSSR count). The average Bonchev–Trinajstić information content (AvgIpc) is 3.20. The summed E-state index contributed by atoms with van der Waals surface area (Å²) in [7, 11) is 1.64. The van der Waals surface area contributed by atoms with Crippen LogP contribution in [0.3, 0.4) is 0 Å². The highest BCUT2D eigenvalue weighted by molar-refractivity contribution is 7.14. The van der Waals surface area contributed by atoms with Crippen LogP contribution in [0.2, 0.25) is 0 Å².